The van der Waals surface area contributed by atoms with Gasteiger partial charge in [0.2, 0.25) is 23.6 Å². The average molecular weight is 1020 g/mol. The molecule has 1 saturated heterocycles. The number of hydrogen-bond donors (Lipinski definition) is 6. The van der Waals surface area contributed by atoms with E-state index in [1.54, 1.807) is 50.1 Å². The van der Waals surface area contributed by atoms with Crippen molar-refractivity contribution < 1.29 is 53.0 Å². The fourth-order valence-corrected chi connectivity index (χ4v) is 9.58. The van der Waals surface area contributed by atoms with Crippen LogP contribution >= 0.6 is 11.3 Å². The molecular weight excluding hydrogens is 947 g/mol. The van der Waals surface area contributed by atoms with E-state index in [1.807, 2.05) is 46.6 Å². The Morgan fingerprint density at radius 2 is 1.60 bits per heavy atom. The number of carboxylic acid groups (broad SMARTS) is 1. The molecular formula is C51H75N9O11S. The van der Waals surface area contributed by atoms with E-state index in [4.69, 9.17) is 4.74 Å². The number of likely N-dealkylation sites (tertiary alicyclic amines) is 1. The van der Waals surface area contributed by atoms with Gasteiger partial charge in [0.25, 0.3) is 17.7 Å². The number of nitrogens with zero attached hydrogens (tertiary/aromatic N) is 4. The number of carboxylic acids is 1. The summed E-state index contributed by atoms with van der Waals surface area (Å²) in [6.07, 6.45) is 5.30. The molecule has 1 aromatic heterocycles. The maximum atomic E-state index is 14.4. The number of aliphatic carboxylic acids is 1. The third-order valence-corrected chi connectivity index (χ3v) is 14.6. The molecule has 2 aliphatic heterocycles. The first-order valence-electron chi connectivity index (χ1n) is 25.0. The number of alkyl carbamates (subject to hydrolysis) is 1. The molecule has 3 heterocycles. The highest BCUT2D eigenvalue weighted by atomic mass is 32.1. The van der Waals surface area contributed by atoms with E-state index in [0.717, 1.165) is 34.8 Å². The van der Waals surface area contributed by atoms with Gasteiger partial charge in [0.15, 0.2) is 6.10 Å². The van der Waals surface area contributed by atoms with E-state index in [0.29, 0.717) is 49.3 Å². The van der Waals surface area contributed by atoms with Crippen LogP contribution in [-0.2, 0) is 44.7 Å². The normalized spacial score (nSPS) is 18.2. The van der Waals surface area contributed by atoms with Crippen LogP contribution in [0.25, 0.3) is 0 Å². The van der Waals surface area contributed by atoms with Crippen LogP contribution in [0.15, 0.2) is 41.8 Å². The van der Waals surface area contributed by atoms with Crippen molar-refractivity contribution in [3.05, 3.63) is 58.1 Å². The summed E-state index contributed by atoms with van der Waals surface area (Å²) in [5, 5.41) is 25.6. The summed E-state index contributed by atoms with van der Waals surface area (Å²) in [5.74, 6) is -4.66. The first-order chi connectivity index (χ1) is 34.1. The summed E-state index contributed by atoms with van der Waals surface area (Å²) in [6, 6.07) is 4.84. The number of likely N-dealkylation sites (N-methyl/N-ethyl adjacent to an activating group) is 2. The number of carbonyl (C=O) groups excluding carboxylic acids is 8. The molecule has 4 rings (SSSR count). The van der Waals surface area contributed by atoms with Crippen LogP contribution in [0, 0.1) is 17.8 Å². The molecule has 20 nitrogen and oxygen atoms in total. The molecule has 0 radical (unpaired) electrons. The van der Waals surface area contributed by atoms with Gasteiger partial charge in [0.1, 0.15) is 16.7 Å². The van der Waals surface area contributed by atoms with Gasteiger partial charge in [0.05, 0.1) is 18.0 Å². The van der Waals surface area contributed by atoms with E-state index < -0.39 is 59.6 Å². The first-order valence-corrected chi connectivity index (χ1v) is 25.9. The maximum absolute atomic E-state index is 14.4. The lowest BCUT2D eigenvalue weighted by Crippen LogP contribution is -2.60. The zero-order chi connectivity index (χ0) is 53.3. The van der Waals surface area contributed by atoms with Crippen molar-refractivity contribution in [2.24, 2.45) is 17.8 Å². The second-order valence-electron chi connectivity index (χ2n) is 19.5. The smallest absolute Gasteiger partial charge is 0.407 e. The second kappa shape index (κ2) is 27.6. The van der Waals surface area contributed by atoms with E-state index in [2.05, 4.69) is 31.6 Å². The number of thiazole rings is 1. The molecule has 0 bridgehead atoms. The molecule has 396 valence electrons. The van der Waals surface area contributed by atoms with Crippen LogP contribution in [0.5, 0.6) is 0 Å². The molecule has 21 heteroatoms. The molecule has 8 amide bonds. The predicted octanol–water partition coefficient (Wildman–Crippen LogP) is 4.81. The Bertz CT molecular complexity index is 2250. The van der Waals surface area contributed by atoms with Crippen LogP contribution < -0.4 is 26.6 Å². The Labute approximate surface area is 426 Å². The molecule has 0 aliphatic carbocycles. The minimum atomic E-state index is -1.04. The van der Waals surface area contributed by atoms with Gasteiger partial charge in [0, 0.05) is 68.3 Å². The van der Waals surface area contributed by atoms with Gasteiger partial charge in [-0.3, -0.25) is 48.2 Å². The summed E-state index contributed by atoms with van der Waals surface area (Å²) in [5.41, 5.74) is 0.483. The number of rotatable bonds is 28. The Balaban J connectivity index is 1.40. The fraction of sp³-hybridized carbons (Fsp3) is 0.608. The van der Waals surface area contributed by atoms with Crippen molar-refractivity contribution in [1.82, 2.24) is 41.0 Å². The maximum Gasteiger partial charge on any atom is 0.407 e. The second-order valence-corrected chi connectivity index (χ2v) is 20.4. The van der Waals surface area contributed by atoms with Crippen LogP contribution in [0.1, 0.15) is 133 Å². The van der Waals surface area contributed by atoms with Gasteiger partial charge in [-0.1, -0.05) is 59.6 Å². The predicted molar refractivity (Wildman–Crippen MR) is 271 cm³/mol. The minimum Gasteiger partial charge on any atom is -0.481 e. The summed E-state index contributed by atoms with van der Waals surface area (Å²) in [7, 11) is 3.60. The van der Waals surface area contributed by atoms with E-state index in [-0.39, 0.29) is 85.8 Å². The molecule has 2 aliphatic rings. The highest BCUT2D eigenvalue weighted by molar-refractivity contribution is 7.09. The highest BCUT2D eigenvalue weighted by Crippen LogP contribution is 2.32. The van der Waals surface area contributed by atoms with Gasteiger partial charge < -0.3 is 41.3 Å². The number of anilines is 1. The summed E-state index contributed by atoms with van der Waals surface area (Å²) in [4.78, 5) is 125. The Hall–Kier alpha value is -6.22. The largest absolute Gasteiger partial charge is 0.481 e. The Morgan fingerprint density at radius 1 is 0.917 bits per heavy atom. The van der Waals surface area contributed by atoms with E-state index >= 15 is 0 Å². The van der Waals surface area contributed by atoms with Crippen molar-refractivity contribution in [1.29, 1.82) is 0 Å². The lowest BCUT2D eigenvalue weighted by Gasteiger charge is -2.38. The number of benzene rings is 1. The number of carbonyl (C=O) groups is 9. The highest BCUT2D eigenvalue weighted by Gasteiger charge is 2.44. The van der Waals surface area contributed by atoms with Gasteiger partial charge in [-0.2, -0.15) is 0 Å². The van der Waals surface area contributed by atoms with Crippen LogP contribution in [0.4, 0.5) is 10.5 Å². The SMILES string of the molecule is CCNC(=O)O[C@H](C[C@H](C(C)C)N(C)C(=O)[C@@H](NC(=O)[C@@]1(C)CCCN1C)C(C)CC)c1nc(C(=O)N[C@@H](Cc2ccc(NC(=O)CNC(=O)CCCCCN3C(=O)C=CC3=O)cc2)C[C@H](C)C(=O)O)cs1. The van der Waals surface area contributed by atoms with Gasteiger partial charge >= 0.3 is 12.1 Å². The lowest BCUT2D eigenvalue weighted by molar-refractivity contribution is -0.142. The van der Waals surface area contributed by atoms with Gasteiger partial charge in [-0.05, 0) is 95.5 Å². The zero-order valence-electron chi connectivity index (χ0n) is 43.2. The number of ether oxygens (including phenoxy) is 1. The number of aromatic nitrogens is 1. The van der Waals surface area contributed by atoms with Crippen molar-refractivity contribution in [3.8, 4) is 0 Å². The van der Waals surface area contributed by atoms with Gasteiger partial charge in [-0.15, -0.1) is 11.3 Å². The Kier molecular flexibility index (Phi) is 22.3. The number of amides is 8. The van der Waals surface area contributed by atoms with Crippen molar-refractivity contribution in [2.45, 2.75) is 142 Å². The monoisotopic (exact) mass is 1020 g/mol. The molecule has 6 N–H and O–H groups in total. The average Bonchev–Trinajstić information content (AvgIpc) is 4.06. The summed E-state index contributed by atoms with van der Waals surface area (Å²) >= 11 is 1.11. The molecule has 1 aromatic carbocycles. The molecule has 72 heavy (non-hydrogen) atoms. The third kappa shape index (κ3) is 16.7. The van der Waals surface area contributed by atoms with Crippen molar-refractivity contribution >= 4 is 70.4 Å². The number of nitrogens with one attached hydrogen (secondary N) is 5. The number of imide groups is 1. The summed E-state index contributed by atoms with van der Waals surface area (Å²) < 4.78 is 5.93. The van der Waals surface area contributed by atoms with Gasteiger partial charge in [-0.25, -0.2) is 9.78 Å². The van der Waals surface area contributed by atoms with Crippen molar-refractivity contribution in [2.75, 3.05) is 45.6 Å². The van der Waals surface area contributed by atoms with Crippen LogP contribution in [-0.4, -0.2) is 142 Å². The van der Waals surface area contributed by atoms with Crippen molar-refractivity contribution in [3.63, 3.8) is 0 Å². The lowest BCUT2D eigenvalue weighted by atomic mass is 9.91. The first kappa shape index (κ1) is 58.4. The molecule has 7 atom stereocenters. The van der Waals surface area contributed by atoms with E-state index in [9.17, 15) is 48.3 Å². The fourth-order valence-electron chi connectivity index (χ4n) is 8.74. The van der Waals surface area contributed by atoms with E-state index in [1.165, 1.54) is 17.5 Å². The van der Waals surface area contributed by atoms with Crippen LogP contribution in [0.3, 0.4) is 0 Å². The topological polar surface area (TPSA) is 266 Å². The standard InChI is InChI=1S/C51H75N9O11S/c1-10-32(5)44(57-49(69)51(7)23-15-24-58(51)8)47(66)59(9)38(31(3)4)28-39(71-50(70)52-11-2)46-56-37(30-72-46)45(65)55-36(26-33(6)48(67)68)27-34-17-19-35(20-18-34)54-41(62)29-53-40(61)16-13-12-14-25-60-42(63)21-22-43(60)64/h17-22,30-33,36,38-39,44H,10-16,23-29H2,1-9H3,(H,52,70)(H,53,61)(H,54,62)(H,55,65)(H,57,69)(H,67,68)/t32?,33-,36+,38+,39+,44-,51+/m0/s1. The van der Waals surface area contributed by atoms with Crippen LogP contribution in [0.2, 0.25) is 0 Å². The molecule has 0 saturated carbocycles. The molecule has 1 fully saturated rings. The molecule has 1 unspecified atom stereocenters. The quantitative estimate of drug-likeness (QED) is 0.0494. The zero-order valence-corrected chi connectivity index (χ0v) is 44.0. The third-order valence-electron chi connectivity index (χ3n) is 13.7. The number of unbranched alkanes of at least 4 members (excludes halogenated alkanes) is 2. The molecule has 2 aromatic rings. The summed E-state index contributed by atoms with van der Waals surface area (Å²) in [6.45, 7) is 14.1. The Morgan fingerprint density at radius 3 is 2.19 bits per heavy atom. The minimum absolute atomic E-state index is 0.0266. The number of hydrogen-bond acceptors (Lipinski definition) is 13. The molecule has 0 spiro atoms.